The van der Waals surface area contributed by atoms with Gasteiger partial charge in [0, 0.05) is 5.56 Å². The molecule has 2 N–H and O–H groups in total. The third kappa shape index (κ3) is 2.72. The lowest BCUT2D eigenvalue weighted by atomic mass is 10.1. The van der Waals surface area contributed by atoms with Crippen LogP contribution in [0.1, 0.15) is 11.3 Å². The van der Waals surface area contributed by atoms with E-state index in [-0.39, 0.29) is 10.6 Å². The minimum absolute atomic E-state index is 0.0374. The molecule has 0 radical (unpaired) electrons. The Hall–Kier alpha value is -2.16. The number of hydrogen-bond acceptors (Lipinski definition) is 3. The lowest BCUT2D eigenvalue weighted by molar-refractivity contribution is 0.863. The topological polar surface area (TPSA) is 67.6 Å². The van der Waals surface area contributed by atoms with Gasteiger partial charge in [0.15, 0.2) is 0 Å². The van der Waals surface area contributed by atoms with Gasteiger partial charge in [-0.2, -0.15) is 10.4 Å². The summed E-state index contributed by atoms with van der Waals surface area (Å²) in [5.41, 5.74) is 7.87. The molecule has 2 aromatic rings. The molecule has 20 heavy (non-hydrogen) atoms. The van der Waals surface area contributed by atoms with E-state index in [0.717, 1.165) is 5.69 Å². The predicted molar refractivity (Wildman–Crippen MR) is 83.7 cm³/mol. The Kier molecular flexibility index (Phi) is 4.18. The summed E-state index contributed by atoms with van der Waals surface area (Å²) in [4.78, 5) is 0.0374. The second kappa shape index (κ2) is 5.87. The monoisotopic (exact) mass is 302 g/mol. The number of nitrogens with zero attached hydrogens (tertiary/aromatic N) is 3. The van der Waals surface area contributed by atoms with E-state index in [1.807, 2.05) is 43.3 Å². The van der Waals surface area contributed by atoms with Crippen molar-refractivity contribution in [2.24, 2.45) is 5.73 Å². The number of benzene rings is 1. The standard InChI is InChI=1S/C14H11ClN4S/c1-9-12(7-10(8-16)14(17)20)13(15)19(18-9)11-5-3-2-4-6-11/h2-7H,1H3,(H2,17,20)/b10-7-. The molecule has 1 heterocycles. The number of halogens is 1. The normalized spacial score (nSPS) is 11.2. The van der Waals surface area contributed by atoms with Crippen molar-refractivity contribution < 1.29 is 0 Å². The predicted octanol–water partition coefficient (Wildman–Crippen LogP) is 3.03. The fourth-order valence-corrected chi connectivity index (χ4v) is 2.15. The summed E-state index contributed by atoms with van der Waals surface area (Å²) < 4.78 is 1.61. The van der Waals surface area contributed by atoms with Crippen molar-refractivity contribution >= 4 is 34.9 Å². The molecule has 1 aromatic heterocycles. The Morgan fingerprint density at radius 3 is 2.65 bits per heavy atom. The van der Waals surface area contributed by atoms with Crippen molar-refractivity contribution in [1.29, 1.82) is 5.26 Å². The van der Waals surface area contributed by atoms with Gasteiger partial charge in [-0.1, -0.05) is 42.0 Å². The first-order valence-corrected chi connectivity index (χ1v) is 6.55. The first-order valence-electron chi connectivity index (χ1n) is 5.76. The van der Waals surface area contributed by atoms with E-state index in [0.29, 0.717) is 16.4 Å². The third-order valence-corrected chi connectivity index (χ3v) is 3.31. The summed E-state index contributed by atoms with van der Waals surface area (Å²) in [5.74, 6) is 0. The molecule has 1 aromatic carbocycles. The summed E-state index contributed by atoms with van der Waals surface area (Å²) in [6.45, 7) is 1.81. The summed E-state index contributed by atoms with van der Waals surface area (Å²) in [6, 6.07) is 11.4. The molecule has 100 valence electrons. The molecule has 0 unspecified atom stereocenters. The first kappa shape index (κ1) is 14.3. The van der Waals surface area contributed by atoms with Crippen LogP contribution in [0.25, 0.3) is 11.8 Å². The second-order valence-electron chi connectivity index (χ2n) is 4.07. The van der Waals surface area contributed by atoms with Gasteiger partial charge in [0.25, 0.3) is 0 Å². The molecule has 0 spiro atoms. The summed E-state index contributed by atoms with van der Waals surface area (Å²) in [6.07, 6.45) is 1.56. The van der Waals surface area contributed by atoms with Crippen molar-refractivity contribution in [2.75, 3.05) is 0 Å². The fraction of sp³-hybridized carbons (Fsp3) is 0.0714. The van der Waals surface area contributed by atoms with Crippen LogP contribution in [0.5, 0.6) is 0 Å². The maximum Gasteiger partial charge on any atom is 0.140 e. The molecule has 0 bridgehead atoms. The molecule has 4 nitrogen and oxygen atoms in total. The van der Waals surface area contributed by atoms with Crippen LogP contribution in [0, 0.1) is 18.3 Å². The maximum atomic E-state index is 9.01. The van der Waals surface area contributed by atoms with E-state index in [4.69, 9.17) is 34.8 Å². The van der Waals surface area contributed by atoms with Gasteiger partial charge >= 0.3 is 0 Å². The number of thiocarbonyl (C=S) groups is 1. The molecule has 6 heteroatoms. The van der Waals surface area contributed by atoms with Gasteiger partial charge in [-0.3, -0.25) is 0 Å². The van der Waals surface area contributed by atoms with Gasteiger partial charge in [0.2, 0.25) is 0 Å². The van der Waals surface area contributed by atoms with E-state index < -0.39 is 0 Å². The van der Waals surface area contributed by atoms with Crippen molar-refractivity contribution in [1.82, 2.24) is 9.78 Å². The number of nitrogens with two attached hydrogens (primary N) is 1. The van der Waals surface area contributed by atoms with Crippen LogP contribution < -0.4 is 5.73 Å². The van der Waals surface area contributed by atoms with Crippen LogP contribution in [-0.4, -0.2) is 14.8 Å². The summed E-state index contributed by atoms with van der Waals surface area (Å²) in [7, 11) is 0. The highest BCUT2D eigenvalue weighted by Gasteiger charge is 2.14. The molecule has 0 atom stereocenters. The molecular formula is C14H11ClN4S. The Balaban J connectivity index is 2.56. The van der Waals surface area contributed by atoms with Gasteiger partial charge in [-0.05, 0) is 25.1 Å². The molecule has 0 aliphatic carbocycles. The number of para-hydroxylation sites is 1. The van der Waals surface area contributed by atoms with Crippen LogP contribution in [-0.2, 0) is 0 Å². The first-order chi connectivity index (χ1) is 9.54. The van der Waals surface area contributed by atoms with E-state index in [9.17, 15) is 0 Å². The largest absolute Gasteiger partial charge is 0.389 e. The van der Waals surface area contributed by atoms with Crippen molar-refractivity contribution in [3.8, 4) is 11.8 Å². The van der Waals surface area contributed by atoms with E-state index in [1.165, 1.54) is 0 Å². The van der Waals surface area contributed by atoms with Crippen LogP contribution in [0.3, 0.4) is 0 Å². The van der Waals surface area contributed by atoms with Gasteiger partial charge in [0.1, 0.15) is 16.2 Å². The Morgan fingerprint density at radius 2 is 2.10 bits per heavy atom. The van der Waals surface area contributed by atoms with Crippen molar-refractivity contribution in [3.63, 3.8) is 0 Å². The molecule has 0 aliphatic rings. The number of aryl methyl sites for hydroxylation is 1. The number of nitriles is 1. The van der Waals surface area contributed by atoms with Crippen molar-refractivity contribution in [2.45, 2.75) is 6.92 Å². The summed E-state index contributed by atoms with van der Waals surface area (Å²) >= 11 is 11.2. The van der Waals surface area contributed by atoms with Gasteiger partial charge in [0.05, 0.1) is 17.0 Å². The lowest BCUT2D eigenvalue weighted by Gasteiger charge is -2.02. The zero-order valence-electron chi connectivity index (χ0n) is 10.7. The highest BCUT2D eigenvalue weighted by Crippen LogP contribution is 2.25. The van der Waals surface area contributed by atoms with Crippen LogP contribution in [0.2, 0.25) is 5.15 Å². The van der Waals surface area contributed by atoms with E-state index in [2.05, 4.69) is 5.10 Å². The molecule has 2 rings (SSSR count). The quantitative estimate of drug-likeness (QED) is 0.537. The lowest BCUT2D eigenvalue weighted by Crippen LogP contribution is -2.09. The minimum atomic E-state index is 0.0374. The fourth-order valence-electron chi connectivity index (χ4n) is 1.72. The molecule has 0 saturated carbocycles. The smallest absolute Gasteiger partial charge is 0.140 e. The van der Waals surface area contributed by atoms with Crippen molar-refractivity contribution in [3.05, 3.63) is 52.3 Å². The average molecular weight is 303 g/mol. The Bertz CT molecular complexity index is 726. The zero-order chi connectivity index (χ0) is 14.7. The molecule has 0 aliphatic heterocycles. The SMILES string of the molecule is Cc1nn(-c2ccccc2)c(Cl)c1/C=C(/C#N)C(N)=S. The average Bonchev–Trinajstić information content (AvgIpc) is 2.72. The number of aromatic nitrogens is 2. The van der Waals surface area contributed by atoms with Gasteiger partial charge in [-0.25, -0.2) is 4.68 Å². The van der Waals surface area contributed by atoms with Crippen LogP contribution in [0.4, 0.5) is 0 Å². The zero-order valence-corrected chi connectivity index (χ0v) is 12.2. The second-order valence-corrected chi connectivity index (χ2v) is 4.87. The number of rotatable bonds is 3. The van der Waals surface area contributed by atoms with Gasteiger partial charge < -0.3 is 5.73 Å². The van der Waals surface area contributed by atoms with E-state index in [1.54, 1.807) is 10.8 Å². The summed E-state index contributed by atoms with van der Waals surface area (Å²) in [5, 5.41) is 13.8. The van der Waals surface area contributed by atoms with Gasteiger partial charge in [-0.15, -0.1) is 0 Å². The third-order valence-electron chi connectivity index (χ3n) is 2.72. The van der Waals surface area contributed by atoms with E-state index >= 15 is 0 Å². The Morgan fingerprint density at radius 1 is 1.45 bits per heavy atom. The number of hydrogen-bond donors (Lipinski definition) is 1. The molecule has 0 amide bonds. The molecule has 0 fully saturated rings. The highest BCUT2D eigenvalue weighted by atomic mass is 35.5. The maximum absolute atomic E-state index is 9.01. The Labute approximate surface area is 127 Å². The van der Waals surface area contributed by atoms with Crippen LogP contribution in [0.15, 0.2) is 35.9 Å². The highest BCUT2D eigenvalue weighted by molar-refractivity contribution is 7.80. The molecule has 0 saturated heterocycles. The minimum Gasteiger partial charge on any atom is -0.389 e. The van der Waals surface area contributed by atoms with Crippen LogP contribution >= 0.6 is 23.8 Å². The molecular weight excluding hydrogens is 292 g/mol.